The third kappa shape index (κ3) is 2.93. The normalized spacial score (nSPS) is 23.7. The van der Waals surface area contributed by atoms with Crippen molar-refractivity contribution in [1.29, 1.82) is 0 Å². The van der Waals surface area contributed by atoms with E-state index in [4.69, 9.17) is 4.74 Å². The van der Waals surface area contributed by atoms with Crippen molar-refractivity contribution >= 4 is 5.91 Å². The lowest BCUT2D eigenvalue weighted by atomic mass is 9.51. The van der Waals surface area contributed by atoms with Gasteiger partial charge in [-0.2, -0.15) is 0 Å². The number of hydrogen-bond donors (Lipinski definition) is 1. The Kier molecular flexibility index (Phi) is 4.25. The minimum atomic E-state index is -0.149. The molecule has 2 heterocycles. The third-order valence-corrected chi connectivity index (χ3v) is 5.58. The lowest BCUT2D eigenvalue weighted by molar-refractivity contribution is -0.169. The molecule has 1 N–H and O–H groups in total. The van der Waals surface area contributed by atoms with Crippen LogP contribution in [-0.4, -0.2) is 44.6 Å². The molecule has 2 aromatic heterocycles. The van der Waals surface area contributed by atoms with E-state index in [1.165, 1.54) is 6.42 Å². The van der Waals surface area contributed by atoms with E-state index < -0.39 is 0 Å². The zero-order valence-corrected chi connectivity index (χ0v) is 14.4. The second-order valence-corrected chi connectivity index (χ2v) is 6.96. The molecule has 2 saturated carbocycles. The fraction of sp³-hybridized carbons (Fsp3) is 0.556. The van der Waals surface area contributed by atoms with Crippen LogP contribution in [0.3, 0.4) is 0 Å². The fourth-order valence-electron chi connectivity index (χ4n) is 4.03. The summed E-state index contributed by atoms with van der Waals surface area (Å²) in [4.78, 5) is 16.6. The van der Waals surface area contributed by atoms with Gasteiger partial charge in [0.15, 0.2) is 5.69 Å². The number of carbonyl (C=O) groups is 1. The summed E-state index contributed by atoms with van der Waals surface area (Å²) >= 11 is 0. The number of aromatic nitrogens is 4. The topological polar surface area (TPSA) is 81.9 Å². The van der Waals surface area contributed by atoms with E-state index in [9.17, 15) is 4.79 Å². The molecule has 2 aliphatic rings. The highest BCUT2D eigenvalue weighted by Crippen LogP contribution is 2.57. The number of pyridine rings is 1. The van der Waals surface area contributed by atoms with E-state index in [2.05, 4.69) is 20.6 Å². The lowest BCUT2D eigenvalue weighted by Crippen LogP contribution is -2.67. The quantitative estimate of drug-likeness (QED) is 0.866. The van der Waals surface area contributed by atoms with Gasteiger partial charge in [-0.3, -0.25) is 9.78 Å². The summed E-state index contributed by atoms with van der Waals surface area (Å²) < 4.78 is 7.50. The highest BCUT2D eigenvalue weighted by Gasteiger charge is 2.59. The van der Waals surface area contributed by atoms with Crippen LogP contribution in [0, 0.1) is 5.41 Å². The maximum Gasteiger partial charge on any atom is 0.273 e. The molecule has 7 heteroatoms. The molecule has 2 aromatic rings. The molecule has 25 heavy (non-hydrogen) atoms. The molecule has 7 nitrogen and oxygen atoms in total. The van der Waals surface area contributed by atoms with Gasteiger partial charge in [-0.05, 0) is 37.8 Å². The highest BCUT2D eigenvalue weighted by atomic mass is 16.5. The van der Waals surface area contributed by atoms with Crippen molar-refractivity contribution in [2.24, 2.45) is 5.41 Å². The van der Waals surface area contributed by atoms with Gasteiger partial charge in [0.05, 0.1) is 18.8 Å². The minimum Gasteiger partial charge on any atom is -0.378 e. The predicted molar refractivity (Wildman–Crippen MR) is 90.9 cm³/mol. The molecule has 2 atom stereocenters. The van der Waals surface area contributed by atoms with Crippen molar-refractivity contribution in [3.63, 3.8) is 0 Å². The average molecular weight is 341 g/mol. The van der Waals surface area contributed by atoms with Gasteiger partial charge < -0.3 is 10.1 Å². The molecule has 0 saturated heterocycles. The largest absolute Gasteiger partial charge is 0.378 e. The fourth-order valence-corrected chi connectivity index (χ4v) is 4.03. The minimum absolute atomic E-state index is 0.149. The summed E-state index contributed by atoms with van der Waals surface area (Å²) in [6.07, 6.45) is 9.87. The Morgan fingerprint density at radius 3 is 3.04 bits per heavy atom. The number of nitrogens with zero attached hydrogens (tertiary/aromatic N) is 4. The van der Waals surface area contributed by atoms with Crippen molar-refractivity contribution in [3.8, 4) is 0 Å². The molecule has 4 rings (SSSR count). The molecular weight excluding hydrogens is 318 g/mol. The van der Waals surface area contributed by atoms with Crippen molar-refractivity contribution in [2.75, 3.05) is 6.61 Å². The monoisotopic (exact) mass is 341 g/mol. The summed E-state index contributed by atoms with van der Waals surface area (Å²) in [6.45, 7) is 3.31. The van der Waals surface area contributed by atoms with E-state index in [1.807, 2.05) is 19.1 Å². The maximum atomic E-state index is 12.5. The Morgan fingerprint density at radius 2 is 2.36 bits per heavy atom. The van der Waals surface area contributed by atoms with Gasteiger partial charge in [0.1, 0.15) is 0 Å². The first kappa shape index (κ1) is 16.2. The molecule has 0 unspecified atom stereocenters. The molecule has 0 aromatic carbocycles. The first-order valence-corrected chi connectivity index (χ1v) is 8.93. The molecule has 0 bridgehead atoms. The lowest BCUT2D eigenvalue weighted by Gasteiger charge is -2.60. The molecule has 0 aliphatic heterocycles. The average Bonchev–Trinajstić information content (AvgIpc) is 3.01. The third-order valence-electron chi connectivity index (χ3n) is 5.58. The van der Waals surface area contributed by atoms with Gasteiger partial charge in [-0.15, -0.1) is 5.10 Å². The Bertz CT molecular complexity index is 741. The van der Waals surface area contributed by atoms with E-state index in [0.29, 0.717) is 12.2 Å². The summed E-state index contributed by atoms with van der Waals surface area (Å²) in [6, 6.07) is 4.04. The van der Waals surface area contributed by atoms with Crippen LogP contribution in [0.1, 0.15) is 48.7 Å². The second kappa shape index (κ2) is 6.55. The van der Waals surface area contributed by atoms with Gasteiger partial charge in [0.25, 0.3) is 5.91 Å². The molecule has 132 valence electrons. The van der Waals surface area contributed by atoms with Crippen molar-refractivity contribution in [1.82, 2.24) is 25.3 Å². The van der Waals surface area contributed by atoms with Gasteiger partial charge in [-0.1, -0.05) is 17.7 Å². The van der Waals surface area contributed by atoms with Crippen LogP contribution in [0.2, 0.25) is 0 Å². The summed E-state index contributed by atoms with van der Waals surface area (Å²) in [5, 5.41) is 11.2. The van der Waals surface area contributed by atoms with Crippen LogP contribution in [0.5, 0.6) is 0 Å². The number of amides is 1. The Hall–Kier alpha value is -2.28. The number of hydrogen-bond acceptors (Lipinski definition) is 5. The predicted octanol–water partition coefficient (Wildman–Crippen LogP) is 1.80. The van der Waals surface area contributed by atoms with Crippen LogP contribution in [0.25, 0.3) is 0 Å². The van der Waals surface area contributed by atoms with Crippen molar-refractivity contribution in [2.45, 2.75) is 51.3 Å². The zero-order valence-electron chi connectivity index (χ0n) is 14.4. The zero-order chi connectivity index (χ0) is 17.3. The first-order valence-electron chi connectivity index (χ1n) is 8.93. The number of nitrogens with one attached hydrogen (secondary N) is 1. The SMILES string of the molecule is CCO[C@@H]1C[C@@H](NC(=O)c2cn(Cc3cccnc3)nn2)C12CCC2. The van der Waals surface area contributed by atoms with E-state index in [0.717, 1.165) is 31.4 Å². The van der Waals surface area contributed by atoms with E-state index >= 15 is 0 Å². The van der Waals surface area contributed by atoms with E-state index in [-0.39, 0.29) is 23.5 Å². The Labute approximate surface area is 146 Å². The molecule has 1 amide bonds. The van der Waals surface area contributed by atoms with Crippen LogP contribution in [0.4, 0.5) is 0 Å². The highest BCUT2D eigenvalue weighted by molar-refractivity contribution is 5.92. The van der Waals surface area contributed by atoms with Gasteiger partial charge in [-0.25, -0.2) is 4.68 Å². The van der Waals surface area contributed by atoms with Gasteiger partial charge >= 0.3 is 0 Å². The molecular formula is C18H23N5O2. The summed E-state index contributed by atoms with van der Waals surface area (Å²) in [5.74, 6) is -0.149. The van der Waals surface area contributed by atoms with Gasteiger partial charge in [0, 0.05) is 30.5 Å². The standard InChI is InChI=1S/C18H23N5O2/c1-2-25-16-9-15(18(16)6-4-7-18)20-17(24)14-12-23(22-21-14)11-13-5-3-8-19-10-13/h3,5,8,10,12,15-16H,2,4,6-7,9,11H2,1H3,(H,20,24)/t15-,16-/m1/s1. The Balaban J connectivity index is 1.38. The van der Waals surface area contributed by atoms with Crippen LogP contribution in [-0.2, 0) is 11.3 Å². The van der Waals surface area contributed by atoms with Crippen LogP contribution < -0.4 is 5.32 Å². The second-order valence-electron chi connectivity index (χ2n) is 6.96. The Morgan fingerprint density at radius 1 is 1.48 bits per heavy atom. The number of carbonyl (C=O) groups excluding carboxylic acids is 1. The summed E-state index contributed by atoms with van der Waals surface area (Å²) in [7, 11) is 0. The molecule has 0 radical (unpaired) electrons. The summed E-state index contributed by atoms with van der Waals surface area (Å²) in [5.41, 5.74) is 1.53. The number of ether oxygens (including phenoxy) is 1. The van der Waals surface area contributed by atoms with Crippen LogP contribution >= 0.6 is 0 Å². The van der Waals surface area contributed by atoms with Crippen LogP contribution in [0.15, 0.2) is 30.7 Å². The maximum absolute atomic E-state index is 12.5. The first-order chi connectivity index (χ1) is 12.2. The molecule has 2 fully saturated rings. The smallest absolute Gasteiger partial charge is 0.273 e. The molecule has 1 spiro atoms. The van der Waals surface area contributed by atoms with E-state index in [1.54, 1.807) is 23.3 Å². The molecule has 2 aliphatic carbocycles. The number of rotatable bonds is 6. The van der Waals surface area contributed by atoms with Gasteiger partial charge in [0.2, 0.25) is 0 Å². The van der Waals surface area contributed by atoms with Crippen molar-refractivity contribution < 1.29 is 9.53 Å². The van der Waals surface area contributed by atoms with Crippen molar-refractivity contribution in [3.05, 3.63) is 42.0 Å².